The first-order valence-electron chi connectivity index (χ1n) is 11.7. The summed E-state index contributed by atoms with van der Waals surface area (Å²) in [7, 11) is -1.06. The fourth-order valence-electron chi connectivity index (χ4n) is 4.26. The Labute approximate surface area is 215 Å². The minimum Gasteiger partial charge on any atom is -0.494 e. The second kappa shape index (κ2) is 10.9. The number of sulfone groups is 1. The molecule has 0 bridgehead atoms. The molecule has 37 heavy (non-hydrogen) atoms. The predicted octanol–water partition coefficient (Wildman–Crippen LogP) is 3.99. The molecule has 0 saturated carbocycles. The van der Waals surface area contributed by atoms with Crippen LogP contribution >= 0.6 is 0 Å². The van der Waals surface area contributed by atoms with E-state index in [1.54, 1.807) is 54.6 Å². The van der Waals surface area contributed by atoms with E-state index in [0.717, 1.165) is 0 Å². The van der Waals surface area contributed by atoms with Gasteiger partial charge in [-0.15, -0.1) is 0 Å². The summed E-state index contributed by atoms with van der Waals surface area (Å²) in [6.07, 6.45) is -0.344. The lowest BCUT2D eigenvalue weighted by atomic mass is 10.1. The summed E-state index contributed by atoms with van der Waals surface area (Å²) in [4.78, 5) is 27.6. The molecule has 1 aliphatic rings. The molecule has 1 aliphatic heterocycles. The lowest BCUT2D eigenvalue weighted by molar-refractivity contribution is -0.121. The van der Waals surface area contributed by atoms with Gasteiger partial charge in [0.15, 0.2) is 21.3 Å². The summed E-state index contributed by atoms with van der Waals surface area (Å²) in [5.41, 5.74) is 1.08. The highest BCUT2D eigenvalue weighted by atomic mass is 32.2. The molecule has 3 aromatic rings. The average Bonchev–Trinajstić information content (AvgIpc) is 2.98. The van der Waals surface area contributed by atoms with Crippen LogP contribution in [0.15, 0.2) is 71.6 Å². The Morgan fingerprint density at radius 2 is 1.70 bits per heavy atom. The van der Waals surface area contributed by atoms with Gasteiger partial charge in [0.25, 0.3) is 0 Å². The van der Waals surface area contributed by atoms with Gasteiger partial charge in [0.05, 0.1) is 36.7 Å². The van der Waals surface area contributed by atoms with Crippen molar-refractivity contribution < 1.29 is 32.2 Å². The highest BCUT2D eigenvalue weighted by Gasteiger charge is 2.40. The summed E-state index contributed by atoms with van der Waals surface area (Å²) in [5.74, 6) is 0.510. The number of fused-ring (bicyclic) bond motifs is 1. The van der Waals surface area contributed by atoms with E-state index in [4.69, 9.17) is 14.2 Å². The largest absolute Gasteiger partial charge is 0.494 e. The Hall–Kier alpha value is -4.05. The van der Waals surface area contributed by atoms with Gasteiger partial charge < -0.3 is 24.4 Å². The summed E-state index contributed by atoms with van der Waals surface area (Å²) >= 11 is 0. The molecule has 10 heteroatoms. The van der Waals surface area contributed by atoms with Gasteiger partial charge in [-0.05, 0) is 61.0 Å². The lowest BCUT2D eigenvalue weighted by Crippen LogP contribution is -2.38. The highest BCUT2D eigenvalue weighted by Crippen LogP contribution is 2.42. The molecule has 1 unspecified atom stereocenters. The van der Waals surface area contributed by atoms with E-state index in [9.17, 15) is 18.0 Å². The number of benzene rings is 3. The molecule has 3 aromatic carbocycles. The second-order valence-corrected chi connectivity index (χ2v) is 10.4. The standard InChI is InChI=1S/C27H28N2O7S/c1-4-36-20-12-10-19(11-13-20)28-26(30)17-29-21-7-5-6-8-24(21)37(32,33)25(16-27(29)31)18-9-14-22(34-2)23(15-18)35-3/h5-15,25H,4,16-17H2,1-3H3,(H,28,30). The molecular formula is C27H28N2O7S. The summed E-state index contributed by atoms with van der Waals surface area (Å²) < 4.78 is 43.5. The van der Waals surface area contributed by atoms with Gasteiger partial charge in [-0.1, -0.05) is 18.2 Å². The normalized spacial score (nSPS) is 16.4. The van der Waals surface area contributed by atoms with Gasteiger partial charge in [0.2, 0.25) is 11.8 Å². The van der Waals surface area contributed by atoms with Crippen LogP contribution in [0.1, 0.15) is 24.2 Å². The van der Waals surface area contributed by atoms with Crippen LogP contribution in [0.2, 0.25) is 0 Å². The average molecular weight is 525 g/mol. The van der Waals surface area contributed by atoms with Gasteiger partial charge in [-0.2, -0.15) is 0 Å². The molecule has 1 heterocycles. The third-order valence-corrected chi connectivity index (χ3v) is 8.17. The number of anilines is 2. The molecule has 0 spiro atoms. The summed E-state index contributed by atoms with van der Waals surface area (Å²) in [6, 6.07) is 17.8. The zero-order chi connectivity index (χ0) is 26.6. The van der Waals surface area contributed by atoms with Gasteiger partial charge in [-0.25, -0.2) is 8.42 Å². The molecule has 2 amide bonds. The second-order valence-electron chi connectivity index (χ2n) is 8.31. The Kier molecular flexibility index (Phi) is 7.68. The number of carbonyl (C=O) groups excluding carboxylic acids is 2. The fraction of sp³-hybridized carbons (Fsp3) is 0.259. The molecule has 0 aromatic heterocycles. The number of carbonyl (C=O) groups is 2. The number of methoxy groups -OCH3 is 2. The van der Waals surface area contributed by atoms with E-state index in [0.29, 0.717) is 35.1 Å². The van der Waals surface area contributed by atoms with Crippen LogP contribution in [0, 0.1) is 0 Å². The molecule has 0 fully saturated rings. The van der Waals surface area contributed by atoms with E-state index < -0.39 is 26.9 Å². The van der Waals surface area contributed by atoms with Crippen molar-refractivity contribution in [3.63, 3.8) is 0 Å². The minimum absolute atomic E-state index is 0.0190. The fourth-order valence-corrected chi connectivity index (χ4v) is 6.17. The van der Waals surface area contributed by atoms with Crippen molar-refractivity contribution in [1.82, 2.24) is 0 Å². The van der Waals surface area contributed by atoms with Crippen LogP contribution in [0.4, 0.5) is 11.4 Å². The van der Waals surface area contributed by atoms with Gasteiger partial charge in [0, 0.05) is 12.1 Å². The number of ether oxygens (including phenoxy) is 3. The van der Waals surface area contributed by atoms with Crippen molar-refractivity contribution in [2.24, 2.45) is 0 Å². The molecular weight excluding hydrogens is 496 g/mol. The van der Waals surface area contributed by atoms with E-state index in [1.165, 1.54) is 31.3 Å². The third kappa shape index (κ3) is 5.39. The highest BCUT2D eigenvalue weighted by molar-refractivity contribution is 7.92. The Morgan fingerprint density at radius 1 is 1.00 bits per heavy atom. The maximum absolute atomic E-state index is 13.8. The van der Waals surface area contributed by atoms with Crippen LogP contribution in [-0.4, -0.2) is 47.6 Å². The number of nitrogens with one attached hydrogen (secondary N) is 1. The molecule has 194 valence electrons. The van der Waals surface area contributed by atoms with Gasteiger partial charge in [-0.3, -0.25) is 9.59 Å². The summed E-state index contributed by atoms with van der Waals surface area (Å²) in [6.45, 7) is 2.05. The monoisotopic (exact) mass is 524 g/mol. The summed E-state index contributed by atoms with van der Waals surface area (Å²) in [5, 5.41) is 1.59. The number of nitrogens with zero attached hydrogens (tertiary/aromatic N) is 1. The first-order valence-corrected chi connectivity index (χ1v) is 13.2. The van der Waals surface area contributed by atoms with Crippen molar-refractivity contribution in [3.8, 4) is 17.2 Å². The zero-order valence-corrected chi connectivity index (χ0v) is 21.6. The van der Waals surface area contributed by atoms with E-state index >= 15 is 0 Å². The Bertz CT molecular complexity index is 1400. The van der Waals surface area contributed by atoms with E-state index in [-0.39, 0.29) is 23.5 Å². The zero-order valence-electron chi connectivity index (χ0n) is 20.8. The molecule has 0 aliphatic carbocycles. The maximum atomic E-state index is 13.8. The van der Waals surface area contributed by atoms with Crippen LogP contribution < -0.4 is 24.4 Å². The Balaban J connectivity index is 1.65. The number of hydrogen-bond acceptors (Lipinski definition) is 7. The van der Waals surface area contributed by atoms with E-state index in [1.807, 2.05) is 6.92 Å². The van der Waals surface area contributed by atoms with Crippen molar-refractivity contribution in [3.05, 3.63) is 72.3 Å². The van der Waals surface area contributed by atoms with Crippen LogP contribution in [0.3, 0.4) is 0 Å². The smallest absolute Gasteiger partial charge is 0.244 e. The molecule has 1 atom stereocenters. The molecule has 0 radical (unpaired) electrons. The molecule has 4 rings (SSSR count). The van der Waals surface area contributed by atoms with E-state index in [2.05, 4.69) is 5.32 Å². The predicted molar refractivity (Wildman–Crippen MR) is 139 cm³/mol. The third-order valence-electron chi connectivity index (χ3n) is 6.03. The van der Waals surface area contributed by atoms with Crippen molar-refractivity contribution in [2.75, 3.05) is 37.6 Å². The maximum Gasteiger partial charge on any atom is 0.244 e. The number of rotatable bonds is 8. The van der Waals surface area contributed by atoms with Crippen LogP contribution in [0.5, 0.6) is 17.2 Å². The van der Waals surface area contributed by atoms with Crippen molar-refractivity contribution in [2.45, 2.75) is 23.5 Å². The number of amides is 2. The van der Waals surface area contributed by atoms with Crippen molar-refractivity contribution in [1.29, 1.82) is 0 Å². The number of para-hydroxylation sites is 1. The van der Waals surface area contributed by atoms with Gasteiger partial charge in [0.1, 0.15) is 12.3 Å². The first kappa shape index (κ1) is 26.0. The molecule has 0 saturated heterocycles. The van der Waals surface area contributed by atoms with Crippen LogP contribution in [0.25, 0.3) is 0 Å². The first-order chi connectivity index (χ1) is 17.8. The quantitative estimate of drug-likeness (QED) is 0.474. The van der Waals surface area contributed by atoms with Crippen LogP contribution in [-0.2, 0) is 19.4 Å². The number of hydrogen-bond donors (Lipinski definition) is 1. The van der Waals surface area contributed by atoms with Gasteiger partial charge >= 0.3 is 0 Å². The topological polar surface area (TPSA) is 111 Å². The minimum atomic E-state index is -3.99. The van der Waals surface area contributed by atoms with Crippen molar-refractivity contribution >= 4 is 33.0 Å². The SMILES string of the molecule is CCOc1ccc(NC(=O)CN2C(=O)CC(c3ccc(OC)c(OC)c3)S(=O)(=O)c3ccccc32)cc1. The lowest BCUT2D eigenvalue weighted by Gasteiger charge is -2.22. The Morgan fingerprint density at radius 3 is 2.38 bits per heavy atom. The molecule has 9 nitrogen and oxygen atoms in total. The molecule has 1 N–H and O–H groups in total.